The highest BCUT2D eigenvalue weighted by atomic mass is 32.1. The van der Waals surface area contributed by atoms with Gasteiger partial charge < -0.3 is 14.3 Å². The van der Waals surface area contributed by atoms with Gasteiger partial charge in [0.05, 0.1) is 17.2 Å². The first-order valence-electron chi connectivity index (χ1n) is 6.90. The fourth-order valence-corrected chi connectivity index (χ4v) is 3.43. The number of amides is 1. The number of hydrogen-bond acceptors (Lipinski definition) is 7. The molecule has 0 atom stereocenters. The van der Waals surface area contributed by atoms with E-state index >= 15 is 0 Å². The number of rotatable bonds is 2. The first-order chi connectivity index (χ1) is 10.7. The first kappa shape index (κ1) is 13.2. The zero-order valence-electron chi connectivity index (χ0n) is 11.9. The normalized spacial score (nSPS) is 15.8. The van der Waals surface area contributed by atoms with Crippen LogP contribution in [0.4, 0.5) is 10.8 Å². The fraction of sp³-hybridized carbons (Fsp3) is 0.286. The van der Waals surface area contributed by atoms with Crippen LogP contribution in [0.1, 0.15) is 5.69 Å². The number of piperazine rings is 1. The van der Waals surface area contributed by atoms with Gasteiger partial charge in [0.2, 0.25) is 5.91 Å². The molecule has 1 aliphatic heterocycles. The highest BCUT2D eigenvalue weighted by molar-refractivity contribution is 7.14. The maximum atomic E-state index is 12.4. The molecule has 7 nitrogen and oxygen atoms in total. The summed E-state index contributed by atoms with van der Waals surface area (Å²) in [5.74, 6) is 0.775. The Bertz CT molecular complexity index is 829. The Hall–Kier alpha value is -2.48. The zero-order chi connectivity index (χ0) is 15.1. The highest BCUT2D eigenvalue weighted by Gasteiger charge is 2.28. The summed E-state index contributed by atoms with van der Waals surface area (Å²) in [6.45, 7) is 3.48. The minimum absolute atomic E-state index is 0.0644. The topological polar surface area (TPSA) is 75.4 Å². The summed E-state index contributed by atoms with van der Waals surface area (Å²) in [7, 11) is 0. The van der Waals surface area contributed by atoms with Crippen LogP contribution in [0.15, 0.2) is 28.4 Å². The molecule has 8 heteroatoms. The molecule has 0 aromatic carbocycles. The van der Waals surface area contributed by atoms with Crippen molar-refractivity contribution >= 4 is 39.2 Å². The van der Waals surface area contributed by atoms with Gasteiger partial charge in [-0.15, -0.1) is 11.3 Å². The smallest absolute Gasteiger partial charge is 0.263 e. The van der Waals surface area contributed by atoms with Crippen LogP contribution in [-0.4, -0.2) is 40.7 Å². The molecule has 0 saturated carbocycles. The molecule has 3 aromatic rings. The number of fused-ring (bicyclic) bond motifs is 1. The minimum atomic E-state index is 0.0644. The lowest BCUT2D eigenvalue weighted by Crippen LogP contribution is -2.50. The second-order valence-corrected chi connectivity index (χ2v) is 5.99. The fourth-order valence-electron chi connectivity index (χ4n) is 2.65. The van der Waals surface area contributed by atoms with Crippen molar-refractivity contribution in [2.45, 2.75) is 6.92 Å². The lowest BCUT2D eigenvalue weighted by atomic mass is 10.2. The number of carbonyl (C=O) groups is 1. The molecule has 1 amide bonds. The molecule has 4 heterocycles. The van der Waals surface area contributed by atoms with Gasteiger partial charge in [0, 0.05) is 13.1 Å². The van der Waals surface area contributed by atoms with Crippen molar-refractivity contribution in [1.29, 1.82) is 0 Å². The van der Waals surface area contributed by atoms with Gasteiger partial charge >= 0.3 is 0 Å². The van der Waals surface area contributed by atoms with Crippen molar-refractivity contribution in [2.75, 3.05) is 29.4 Å². The maximum absolute atomic E-state index is 12.4. The summed E-state index contributed by atoms with van der Waals surface area (Å²) in [6, 6.07) is 3.92. The molecule has 112 valence electrons. The molecule has 1 aliphatic rings. The number of nitrogens with zero attached hydrogens (tertiary/aromatic N) is 5. The van der Waals surface area contributed by atoms with Gasteiger partial charge in [0.15, 0.2) is 0 Å². The van der Waals surface area contributed by atoms with Gasteiger partial charge in [-0.2, -0.15) is 4.98 Å². The Morgan fingerprint density at radius 3 is 3.00 bits per heavy atom. The second kappa shape index (κ2) is 5.06. The van der Waals surface area contributed by atoms with Gasteiger partial charge in [-0.3, -0.25) is 4.79 Å². The molecule has 4 rings (SSSR count). The third-order valence-electron chi connectivity index (χ3n) is 3.72. The number of hydrogen-bond donors (Lipinski definition) is 0. The molecule has 0 aliphatic carbocycles. The van der Waals surface area contributed by atoms with Crippen molar-refractivity contribution in [3.05, 3.63) is 29.5 Å². The Balaban J connectivity index is 1.65. The van der Waals surface area contributed by atoms with Gasteiger partial charge in [-0.1, -0.05) is 5.16 Å². The number of thiophene rings is 1. The van der Waals surface area contributed by atoms with E-state index in [-0.39, 0.29) is 12.5 Å². The minimum Gasteiger partial charge on any atom is -0.345 e. The Kier molecular flexibility index (Phi) is 3.04. The molecule has 1 fully saturated rings. The third-order valence-corrected chi connectivity index (χ3v) is 4.61. The Morgan fingerprint density at radius 1 is 1.32 bits per heavy atom. The average molecular weight is 315 g/mol. The van der Waals surface area contributed by atoms with Crippen LogP contribution in [0.25, 0.3) is 11.1 Å². The Labute approximate surface area is 130 Å². The van der Waals surface area contributed by atoms with E-state index in [1.807, 2.05) is 34.2 Å². The molecule has 0 N–H and O–H groups in total. The van der Waals surface area contributed by atoms with E-state index in [0.717, 1.165) is 16.1 Å². The van der Waals surface area contributed by atoms with Crippen molar-refractivity contribution in [3.63, 3.8) is 0 Å². The van der Waals surface area contributed by atoms with Gasteiger partial charge in [-0.05, 0) is 24.4 Å². The van der Waals surface area contributed by atoms with Crippen molar-refractivity contribution in [1.82, 2.24) is 15.1 Å². The van der Waals surface area contributed by atoms with E-state index in [1.165, 1.54) is 6.33 Å². The average Bonchev–Trinajstić information content (AvgIpc) is 3.17. The van der Waals surface area contributed by atoms with E-state index in [2.05, 4.69) is 15.1 Å². The van der Waals surface area contributed by atoms with Crippen LogP contribution < -0.4 is 9.80 Å². The monoisotopic (exact) mass is 315 g/mol. The van der Waals surface area contributed by atoms with E-state index in [9.17, 15) is 4.79 Å². The lowest BCUT2D eigenvalue weighted by molar-refractivity contribution is -0.117. The molecular weight excluding hydrogens is 302 g/mol. The summed E-state index contributed by atoms with van der Waals surface area (Å²) >= 11 is 1.57. The molecule has 0 bridgehead atoms. The largest absolute Gasteiger partial charge is 0.345 e. The maximum Gasteiger partial charge on any atom is 0.263 e. The van der Waals surface area contributed by atoms with E-state index in [0.29, 0.717) is 24.6 Å². The number of anilines is 2. The number of carbonyl (C=O) groups excluding carboxylic acids is 1. The predicted molar refractivity (Wildman–Crippen MR) is 83.2 cm³/mol. The first-order valence-corrected chi connectivity index (χ1v) is 7.78. The van der Waals surface area contributed by atoms with Gasteiger partial charge in [0.25, 0.3) is 5.71 Å². The van der Waals surface area contributed by atoms with E-state index in [4.69, 9.17) is 4.52 Å². The predicted octanol–water partition coefficient (Wildman–Crippen LogP) is 1.84. The van der Waals surface area contributed by atoms with Gasteiger partial charge in [-0.25, -0.2) is 4.98 Å². The molecule has 0 spiro atoms. The summed E-state index contributed by atoms with van der Waals surface area (Å²) in [5.41, 5.74) is 1.19. The molecule has 0 radical (unpaired) electrons. The summed E-state index contributed by atoms with van der Waals surface area (Å²) in [5, 5.41) is 7.67. The molecule has 22 heavy (non-hydrogen) atoms. The van der Waals surface area contributed by atoms with E-state index < -0.39 is 0 Å². The van der Waals surface area contributed by atoms with Crippen molar-refractivity contribution < 1.29 is 9.32 Å². The van der Waals surface area contributed by atoms with Crippen LogP contribution >= 0.6 is 11.3 Å². The SMILES string of the molecule is Cc1noc2ncnc(N3CCN(c4cccs4)C(=O)C3)c12. The van der Waals surface area contributed by atoms with Crippen LogP contribution in [0.5, 0.6) is 0 Å². The highest BCUT2D eigenvalue weighted by Crippen LogP contribution is 2.29. The molecule has 0 unspecified atom stereocenters. The summed E-state index contributed by atoms with van der Waals surface area (Å²) in [4.78, 5) is 24.6. The Morgan fingerprint density at radius 2 is 2.23 bits per heavy atom. The summed E-state index contributed by atoms with van der Waals surface area (Å²) < 4.78 is 5.17. The lowest BCUT2D eigenvalue weighted by Gasteiger charge is -2.34. The van der Waals surface area contributed by atoms with Crippen LogP contribution in [0, 0.1) is 6.92 Å². The van der Waals surface area contributed by atoms with Crippen LogP contribution in [0.2, 0.25) is 0 Å². The van der Waals surface area contributed by atoms with Crippen molar-refractivity contribution in [2.24, 2.45) is 0 Å². The summed E-state index contributed by atoms with van der Waals surface area (Å²) in [6.07, 6.45) is 1.44. The molecule has 1 saturated heterocycles. The second-order valence-electron chi connectivity index (χ2n) is 5.06. The molecular formula is C14H13N5O2S. The number of aryl methyl sites for hydroxylation is 1. The van der Waals surface area contributed by atoms with Gasteiger partial charge in [0.1, 0.15) is 17.5 Å². The van der Waals surface area contributed by atoms with Crippen LogP contribution in [0.3, 0.4) is 0 Å². The third kappa shape index (κ3) is 2.03. The van der Waals surface area contributed by atoms with E-state index in [1.54, 1.807) is 11.3 Å². The van der Waals surface area contributed by atoms with Crippen molar-refractivity contribution in [3.8, 4) is 0 Å². The molecule has 3 aromatic heterocycles. The van der Waals surface area contributed by atoms with Crippen LogP contribution in [-0.2, 0) is 4.79 Å². The zero-order valence-corrected chi connectivity index (χ0v) is 12.7. The standard InChI is InChI=1S/C14H13N5O2S/c1-9-12-13(15-8-16-14(12)21-17-9)18-4-5-19(10(20)7-18)11-3-2-6-22-11/h2-3,6,8H,4-5,7H2,1H3. The number of aromatic nitrogens is 3. The quantitative estimate of drug-likeness (QED) is 0.718.